The van der Waals surface area contributed by atoms with Gasteiger partial charge in [-0.05, 0) is 36.4 Å². The van der Waals surface area contributed by atoms with Gasteiger partial charge in [0, 0.05) is 5.69 Å². The molecule has 11 heteroatoms. The van der Waals surface area contributed by atoms with Gasteiger partial charge in [-0.15, -0.1) is 0 Å². The Hall–Kier alpha value is -2.79. The van der Waals surface area contributed by atoms with Gasteiger partial charge in [-0.2, -0.15) is 3.71 Å². The maximum absolute atomic E-state index is 11.8. The molecule has 0 heterocycles. The summed E-state index contributed by atoms with van der Waals surface area (Å²) in [7, 11) is -7.96. The van der Waals surface area contributed by atoms with Crippen LogP contribution < -0.4 is 19.5 Å². The minimum atomic E-state index is -3.98. The Kier molecular flexibility index (Phi) is 6.86. The lowest BCUT2D eigenvalue weighted by Crippen LogP contribution is -2.35. The monoisotopic (exact) mass is 426 g/mol. The third-order valence-corrected chi connectivity index (χ3v) is 6.59. The molecule has 0 saturated carbocycles. The van der Waals surface area contributed by atoms with Gasteiger partial charge in [0.2, 0.25) is 20.0 Å². The van der Waals surface area contributed by atoms with Crippen molar-refractivity contribution in [1.82, 2.24) is 0 Å². The molecule has 0 aliphatic rings. The van der Waals surface area contributed by atoms with Gasteiger partial charge >= 0.3 is 0 Å². The maximum Gasteiger partial charge on any atom is 0.245 e. The van der Waals surface area contributed by atoms with Crippen LogP contribution in [0.25, 0.3) is 0 Å². The van der Waals surface area contributed by atoms with E-state index < -0.39 is 20.0 Å². The van der Waals surface area contributed by atoms with Crippen molar-refractivity contribution in [2.45, 2.75) is 0 Å². The first kappa shape index (κ1) is 21.5. The highest BCUT2D eigenvalue weighted by atomic mass is 32.3. The second-order valence-electron chi connectivity index (χ2n) is 5.82. The Morgan fingerprint density at radius 2 is 1.57 bits per heavy atom. The van der Waals surface area contributed by atoms with E-state index in [2.05, 4.69) is 10.3 Å². The standard InChI is InChI=1S/C17H22N4O5S2/c1-27(22,23)21(28(2,24)25)15-8-10-16(11-9-15)26-13-12-19-17(18)20-14-6-4-3-5-7-14/h3-11H,12-13H2,1-2H3,(H3,18,19,20). The fourth-order valence-corrected chi connectivity index (χ4v) is 5.31. The number of hydrogen-bond acceptors (Lipinski definition) is 6. The minimum Gasteiger partial charge on any atom is -0.492 e. The van der Waals surface area contributed by atoms with Crippen molar-refractivity contribution in [2.75, 3.05) is 34.7 Å². The van der Waals surface area contributed by atoms with Crippen LogP contribution in [0.15, 0.2) is 59.6 Å². The van der Waals surface area contributed by atoms with E-state index in [0.717, 1.165) is 18.2 Å². The zero-order valence-corrected chi connectivity index (χ0v) is 17.1. The van der Waals surface area contributed by atoms with E-state index in [-0.39, 0.29) is 18.3 Å². The third kappa shape index (κ3) is 6.43. The average molecular weight is 427 g/mol. The van der Waals surface area contributed by atoms with Gasteiger partial charge in [-0.25, -0.2) is 21.8 Å². The van der Waals surface area contributed by atoms with E-state index in [1.807, 2.05) is 30.3 Å². The van der Waals surface area contributed by atoms with Crippen molar-refractivity contribution in [3.05, 3.63) is 54.6 Å². The molecule has 28 heavy (non-hydrogen) atoms. The number of anilines is 2. The van der Waals surface area contributed by atoms with Gasteiger partial charge in [-0.3, -0.25) is 0 Å². The molecule has 0 radical (unpaired) electrons. The summed E-state index contributed by atoms with van der Waals surface area (Å²) in [5.74, 6) is 0.692. The third-order valence-electron chi connectivity index (χ3n) is 3.34. The summed E-state index contributed by atoms with van der Waals surface area (Å²) in [6.45, 7) is 0.532. The lowest BCUT2D eigenvalue weighted by Gasteiger charge is -2.19. The number of ether oxygens (including phenoxy) is 1. The molecular formula is C17H22N4O5S2. The number of nitrogens with zero attached hydrogens (tertiary/aromatic N) is 2. The second kappa shape index (κ2) is 8.93. The maximum atomic E-state index is 11.8. The van der Waals surface area contributed by atoms with E-state index in [1.165, 1.54) is 24.3 Å². The number of aliphatic imine (C=N–C) groups is 1. The summed E-state index contributed by atoms with van der Waals surface area (Å²) in [6.07, 6.45) is 1.65. The van der Waals surface area contributed by atoms with E-state index in [9.17, 15) is 16.8 Å². The van der Waals surface area contributed by atoms with Crippen LogP contribution in [-0.4, -0.2) is 48.5 Å². The van der Waals surface area contributed by atoms with Crippen LogP contribution in [0.1, 0.15) is 0 Å². The number of nitrogens with one attached hydrogen (secondary N) is 1. The first-order valence-corrected chi connectivity index (χ1v) is 11.8. The molecule has 9 nitrogen and oxygen atoms in total. The molecule has 0 fully saturated rings. The molecule has 0 spiro atoms. The first-order chi connectivity index (χ1) is 13.1. The molecule has 0 amide bonds. The number of hydrogen-bond donors (Lipinski definition) is 2. The molecule has 0 saturated heterocycles. The van der Waals surface area contributed by atoms with Gasteiger partial charge in [0.05, 0.1) is 24.7 Å². The molecule has 0 aliphatic carbocycles. The lowest BCUT2D eigenvalue weighted by molar-refractivity contribution is 0.329. The molecule has 0 atom stereocenters. The number of rotatable bonds is 8. The highest BCUT2D eigenvalue weighted by molar-refractivity contribution is 8.09. The molecular weight excluding hydrogens is 404 g/mol. The Bertz CT molecular complexity index is 989. The number of benzene rings is 2. The molecule has 2 aromatic carbocycles. The van der Waals surface area contributed by atoms with Crippen molar-refractivity contribution in [3.8, 4) is 5.75 Å². The lowest BCUT2D eigenvalue weighted by atomic mass is 10.3. The molecule has 152 valence electrons. The summed E-state index contributed by atoms with van der Waals surface area (Å²) in [5.41, 5.74) is 6.61. The van der Waals surface area contributed by atoms with Crippen LogP contribution >= 0.6 is 0 Å². The van der Waals surface area contributed by atoms with Gasteiger partial charge < -0.3 is 15.8 Å². The molecule has 0 aliphatic heterocycles. The Morgan fingerprint density at radius 3 is 2.11 bits per heavy atom. The summed E-state index contributed by atoms with van der Waals surface area (Å²) in [4.78, 5) is 4.14. The SMILES string of the molecule is CS(=O)(=O)N(c1ccc(OCCN=C(N)Nc2ccccc2)cc1)S(C)(=O)=O. The zero-order chi connectivity index (χ0) is 20.8. The second-order valence-corrected chi connectivity index (χ2v) is 9.72. The fourth-order valence-electron chi connectivity index (χ4n) is 2.33. The van der Waals surface area contributed by atoms with Crippen molar-refractivity contribution in [2.24, 2.45) is 10.7 Å². The Balaban J connectivity index is 1.93. The Morgan fingerprint density at radius 1 is 1.00 bits per heavy atom. The molecule has 2 rings (SSSR count). The number of nitrogens with two attached hydrogens (primary N) is 1. The number of guanidine groups is 1. The van der Waals surface area contributed by atoms with Crippen LogP contribution in [0.4, 0.5) is 11.4 Å². The normalized spacial score (nSPS) is 12.4. The average Bonchev–Trinajstić information content (AvgIpc) is 2.58. The predicted octanol–water partition coefficient (Wildman–Crippen LogP) is 1.22. The van der Waals surface area contributed by atoms with Crippen LogP contribution in [0, 0.1) is 0 Å². The van der Waals surface area contributed by atoms with E-state index in [0.29, 0.717) is 16.0 Å². The summed E-state index contributed by atoms with van der Waals surface area (Å²) in [5, 5.41) is 2.94. The zero-order valence-electron chi connectivity index (χ0n) is 15.4. The van der Waals surface area contributed by atoms with Crippen molar-refractivity contribution in [3.63, 3.8) is 0 Å². The largest absolute Gasteiger partial charge is 0.492 e. The fraction of sp³-hybridized carbons (Fsp3) is 0.235. The Labute approximate surface area is 164 Å². The molecule has 2 aromatic rings. The van der Waals surface area contributed by atoms with Gasteiger partial charge in [0.1, 0.15) is 12.4 Å². The summed E-state index contributed by atoms with van der Waals surface area (Å²) >= 11 is 0. The van der Waals surface area contributed by atoms with Crippen molar-refractivity contribution in [1.29, 1.82) is 0 Å². The smallest absolute Gasteiger partial charge is 0.245 e. The topological polar surface area (TPSA) is 131 Å². The molecule has 3 N–H and O–H groups in total. The van der Waals surface area contributed by atoms with Gasteiger partial charge in [-0.1, -0.05) is 18.2 Å². The van der Waals surface area contributed by atoms with Crippen molar-refractivity contribution >= 4 is 37.4 Å². The van der Waals surface area contributed by atoms with E-state index in [1.54, 1.807) is 0 Å². The summed E-state index contributed by atoms with van der Waals surface area (Å²) < 4.78 is 52.9. The molecule has 0 bridgehead atoms. The highest BCUT2D eigenvalue weighted by Gasteiger charge is 2.27. The van der Waals surface area contributed by atoms with Crippen LogP contribution in [0.2, 0.25) is 0 Å². The summed E-state index contributed by atoms with van der Waals surface area (Å²) in [6, 6.07) is 15.0. The van der Waals surface area contributed by atoms with Gasteiger partial charge in [0.25, 0.3) is 0 Å². The first-order valence-electron chi connectivity index (χ1n) is 8.13. The van der Waals surface area contributed by atoms with E-state index in [4.69, 9.17) is 10.5 Å². The number of para-hydroxylation sites is 1. The quantitative estimate of drug-likeness (QED) is 0.368. The van der Waals surface area contributed by atoms with Crippen LogP contribution in [-0.2, 0) is 20.0 Å². The van der Waals surface area contributed by atoms with E-state index >= 15 is 0 Å². The molecule has 0 unspecified atom stereocenters. The van der Waals surface area contributed by atoms with Crippen LogP contribution in [0.5, 0.6) is 5.75 Å². The van der Waals surface area contributed by atoms with Crippen molar-refractivity contribution < 1.29 is 21.6 Å². The van der Waals surface area contributed by atoms with Gasteiger partial charge in [0.15, 0.2) is 5.96 Å². The number of sulfonamides is 2. The molecule has 0 aromatic heterocycles. The van der Waals surface area contributed by atoms with Crippen LogP contribution in [0.3, 0.4) is 0 Å². The minimum absolute atomic E-state index is 0.00618. The predicted molar refractivity (Wildman–Crippen MR) is 111 cm³/mol. The highest BCUT2D eigenvalue weighted by Crippen LogP contribution is 2.23.